The van der Waals surface area contributed by atoms with Gasteiger partial charge in [0.25, 0.3) is 0 Å². The third kappa shape index (κ3) is 12.1. The zero-order chi connectivity index (χ0) is 40.2. The Kier molecular flexibility index (Phi) is 18.1. The molecule has 0 radical (unpaired) electrons. The van der Waals surface area contributed by atoms with E-state index >= 15 is 0 Å². The number of rotatable bonds is 21. The third-order valence-electron chi connectivity index (χ3n) is 10.6. The molecule has 0 bridgehead atoms. The largest absolute Gasteiger partial charge is 0.480 e. The summed E-state index contributed by atoms with van der Waals surface area (Å²) in [5.74, 6) is -3.50. The van der Waals surface area contributed by atoms with Crippen molar-refractivity contribution in [1.82, 2.24) is 25.8 Å². The summed E-state index contributed by atoms with van der Waals surface area (Å²) in [6, 6.07) is 5.60. The van der Waals surface area contributed by atoms with Crippen molar-refractivity contribution in [2.45, 2.75) is 117 Å². The number of hydrogen-bond acceptors (Lipinski definition) is 8. The van der Waals surface area contributed by atoms with Crippen LogP contribution in [0.5, 0.6) is 0 Å². The van der Waals surface area contributed by atoms with E-state index in [0.717, 1.165) is 11.1 Å². The Hall–Kier alpha value is -3.81. The van der Waals surface area contributed by atoms with Crippen LogP contribution in [0.4, 0.5) is 0 Å². The molecule has 2 rings (SSSR count). The quantitative estimate of drug-likeness (QED) is 0.138. The van der Waals surface area contributed by atoms with Crippen LogP contribution >= 0.6 is 0 Å². The zero-order valence-electron chi connectivity index (χ0n) is 33.7. The van der Waals surface area contributed by atoms with Crippen molar-refractivity contribution in [3.05, 3.63) is 48.0 Å². The highest BCUT2D eigenvalue weighted by atomic mass is 16.5. The highest BCUT2D eigenvalue weighted by Gasteiger charge is 2.44. The van der Waals surface area contributed by atoms with Crippen LogP contribution in [-0.2, 0) is 39.9 Å². The lowest BCUT2D eigenvalue weighted by molar-refractivity contribution is -0.148. The molecule has 0 spiro atoms. The van der Waals surface area contributed by atoms with Gasteiger partial charge >= 0.3 is 5.97 Å². The standard InChI is InChI=1S/C40H65N5O8/c1-13-26(7)35(44(10)39(49)34(24(4)5)43-38(48)33(41-9)23(2)3)31(52-11)21-32(46)45-22-25(6)19-30(45)36(53-12)27(8)37(47)42-29(40(50)51)20-28-17-15-14-16-18-28/h14-18,23-24,26-27,29-31,33-36,41H,6,13,19-22H2,1-5,7-12H3,(H,42,47)(H,43,48)(H,50,51)/t26?,27-,29?,30+,31?,33?,34+,35?,36?/m1/s1. The van der Waals surface area contributed by atoms with E-state index in [-0.39, 0.29) is 54.9 Å². The lowest BCUT2D eigenvalue weighted by atomic mass is 9.89. The highest BCUT2D eigenvalue weighted by molar-refractivity contribution is 5.90. The highest BCUT2D eigenvalue weighted by Crippen LogP contribution is 2.31. The molecule has 13 heteroatoms. The van der Waals surface area contributed by atoms with Gasteiger partial charge in [-0.15, -0.1) is 0 Å². The number of carboxylic acid groups (broad SMARTS) is 1. The minimum Gasteiger partial charge on any atom is -0.480 e. The van der Waals surface area contributed by atoms with E-state index in [4.69, 9.17) is 9.47 Å². The minimum atomic E-state index is -1.15. The fourth-order valence-electron chi connectivity index (χ4n) is 7.35. The fourth-order valence-corrected chi connectivity index (χ4v) is 7.35. The molecule has 13 nitrogen and oxygen atoms in total. The lowest BCUT2D eigenvalue weighted by Gasteiger charge is -2.41. The van der Waals surface area contributed by atoms with Crippen molar-refractivity contribution < 1.29 is 38.6 Å². The molecule has 0 saturated carbocycles. The summed E-state index contributed by atoms with van der Waals surface area (Å²) in [5.41, 5.74) is 1.57. The average molecular weight is 744 g/mol. The van der Waals surface area contributed by atoms with E-state index in [1.165, 1.54) is 14.2 Å². The number of likely N-dealkylation sites (N-methyl/N-ethyl adjacent to an activating group) is 2. The van der Waals surface area contributed by atoms with Gasteiger partial charge in [-0.25, -0.2) is 4.79 Å². The van der Waals surface area contributed by atoms with Gasteiger partial charge in [0.15, 0.2) is 0 Å². The predicted molar refractivity (Wildman–Crippen MR) is 205 cm³/mol. The van der Waals surface area contributed by atoms with Crippen LogP contribution in [0.2, 0.25) is 0 Å². The second-order valence-electron chi connectivity index (χ2n) is 15.2. The van der Waals surface area contributed by atoms with Gasteiger partial charge in [-0.2, -0.15) is 0 Å². The maximum absolute atomic E-state index is 14.2. The van der Waals surface area contributed by atoms with E-state index < -0.39 is 60.2 Å². The molecule has 1 aromatic rings. The summed E-state index contributed by atoms with van der Waals surface area (Å²) < 4.78 is 11.8. The van der Waals surface area contributed by atoms with Crippen molar-refractivity contribution in [3.63, 3.8) is 0 Å². The van der Waals surface area contributed by atoms with E-state index in [0.29, 0.717) is 12.8 Å². The molecular weight excluding hydrogens is 678 g/mol. The number of likely N-dealkylation sites (tertiary alicyclic amines) is 1. The summed E-state index contributed by atoms with van der Waals surface area (Å²) >= 11 is 0. The molecule has 4 N–H and O–H groups in total. The molecule has 4 amide bonds. The molecule has 0 aromatic heterocycles. The van der Waals surface area contributed by atoms with Crippen LogP contribution in [0.3, 0.4) is 0 Å². The number of amides is 4. The van der Waals surface area contributed by atoms with E-state index in [9.17, 15) is 29.1 Å². The first-order valence-corrected chi connectivity index (χ1v) is 18.8. The van der Waals surface area contributed by atoms with Gasteiger partial charge in [0.2, 0.25) is 23.6 Å². The van der Waals surface area contributed by atoms with Crippen LogP contribution in [0.25, 0.3) is 0 Å². The smallest absolute Gasteiger partial charge is 0.326 e. The minimum absolute atomic E-state index is 0.0132. The van der Waals surface area contributed by atoms with Crippen molar-refractivity contribution >= 4 is 29.6 Å². The van der Waals surface area contributed by atoms with Crippen molar-refractivity contribution in [3.8, 4) is 0 Å². The Morgan fingerprint density at radius 1 is 0.943 bits per heavy atom. The molecular formula is C40H65N5O8. The van der Waals surface area contributed by atoms with Crippen molar-refractivity contribution in [2.24, 2.45) is 23.7 Å². The Morgan fingerprint density at radius 2 is 1.55 bits per heavy atom. The Bertz CT molecular complexity index is 1390. The van der Waals surface area contributed by atoms with Crippen LogP contribution in [-0.4, -0.2) is 122 Å². The first-order valence-electron chi connectivity index (χ1n) is 18.8. The Balaban J connectivity index is 2.31. The second kappa shape index (κ2) is 21.2. The van der Waals surface area contributed by atoms with Crippen molar-refractivity contribution in [2.75, 3.05) is 34.9 Å². The fraction of sp³-hybridized carbons (Fsp3) is 0.675. The van der Waals surface area contributed by atoms with Gasteiger partial charge in [0, 0.05) is 34.2 Å². The molecule has 1 aromatic carbocycles. The number of nitrogens with zero attached hydrogens (tertiary/aromatic N) is 2. The Labute approximate surface area is 316 Å². The number of nitrogens with one attached hydrogen (secondary N) is 3. The summed E-state index contributed by atoms with van der Waals surface area (Å²) in [6.07, 6.45) is -0.297. The van der Waals surface area contributed by atoms with Crippen LogP contribution < -0.4 is 16.0 Å². The molecule has 6 unspecified atom stereocenters. The van der Waals surface area contributed by atoms with Gasteiger partial charge in [0.05, 0.1) is 42.7 Å². The van der Waals surface area contributed by atoms with E-state index in [2.05, 4.69) is 22.5 Å². The lowest BCUT2D eigenvalue weighted by Crippen LogP contribution is -2.59. The third-order valence-corrected chi connectivity index (χ3v) is 10.6. The van der Waals surface area contributed by atoms with Gasteiger partial charge in [-0.05, 0) is 36.8 Å². The molecule has 1 heterocycles. The summed E-state index contributed by atoms with van der Waals surface area (Å²) in [6.45, 7) is 17.7. The van der Waals surface area contributed by atoms with Crippen molar-refractivity contribution in [1.29, 1.82) is 0 Å². The molecule has 1 aliphatic heterocycles. The summed E-state index contributed by atoms with van der Waals surface area (Å²) in [4.78, 5) is 70.4. The molecule has 53 heavy (non-hydrogen) atoms. The molecule has 1 fully saturated rings. The molecule has 298 valence electrons. The molecule has 9 atom stereocenters. The maximum atomic E-state index is 14.2. The normalized spacial score (nSPS) is 19.2. The summed E-state index contributed by atoms with van der Waals surface area (Å²) in [7, 11) is 6.40. The number of carbonyl (C=O) groups is 5. The zero-order valence-corrected chi connectivity index (χ0v) is 33.7. The number of methoxy groups -OCH3 is 2. The molecule has 1 saturated heterocycles. The van der Waals surface area contributed by atoms with Crippen LogP contribution in [0.15, 0.2) is 42.5 Å². The Morgan fingerprint density at radius 3 is 2.04 bits per heavy atom. The first kappa shape index (κ1) is 45.3. The number of ether oxygens (including phenoxy) is 2. The molecule has 1 aliphatic rings. The number of aliphatic carboxylic acids is 1. The van der Waals surface area contributed by atoms with E-state index in [1.807, 2.05) is 59.7 Å². The number of hydrogen-bond donors (Lipinski definition) is 4. The first-order chi connectivity index (χ1) is 24.9. The maximum Gasteiger partial charge on any atom is 0.326 e. The summed E-state index contributed by atoms with van der Waals surface area (Å²) in [5, 5.41) is 18.6. The van der Waals surface area contributed by atoms with Gasteiger partial charge in [0.1, 0.15) is 12.1 Å². The second-order valence-corrected chi connectivity index (χ2v) is 15.2. The topological polar surface area (TPSA) is 167 Å². The van der Waals surface area contributed by atoms with Crippen LogP contribution in [0, 0.1) is 23.7 Å². The van der Waals surface area contributed by atoms with Crippen LogP contribution in [0.1, 0.15) is 73.3 Å². The van der Waals surface area contributed by atoms with Gasteiger partial charge in [-0.1, -0.05) is 97.4 Å². The van der Waals surface area contributed by atoms with E-state index in [1.54, 1.807) is 43.0 Å². The average Bonchev–Trinajstić information content (AvgIpc) is 3.50. The monoisotopic (exact) mass is 743 g/mol. The number of benzene rings is 1. The predicted octanol–water partition coefficient (Wildman–Crippen LogP) is 3.27. The number of carboxylic acids is 1. The van der Waals surface area contributed by atoms with Gasteiger partial charge in [-0.3, -0.25) is 19.2 Å². The molecule has 0 aliphatic carbocycles. The SMILES string of the molecule is C=C1C[C@@H](C(OC)[C@@H](C)C(=O)NC(Cc2ccccc2)C(=O)O)N(C(=O)CC(OC)C(C(C)CC)N(C)C(=O)[C@@H](NC(=O)C(NC)C(C)C)C(C)C)C1. The van der Waals surface area contributed by atoms with Gasteiger partial charge < -0.3 is 40.3 Å². The number of carbonyl (C=O) groups excluding carboxylic acids is 4.